The molecule has 0 fully saturated rings. The van der Waals surface area contributed by atoms with Crippen LogP contribution in [-0.2, 0) is 0 Å². The zero-order valence-electron chi connectivity index (χ0n) is 9.57. The summed E-state index contributed by atoms with van der Waals surface area (Å²) in [6, 6.07) is 9.77. The molecule has 0 N–H and O–H groups in total. The van der Waals surface area contributed by atoms with E-state index in [2.05, 4.69) is 37.0 Å². The molecule has 1 aromatic rings. The van der Waals surface area contributed by atoms with E-state index in [-0.39, 0.29) is 0 Å². The Morgan fingerprint density at radius 3 is 2.13 bits per heavy atom. The highest BCUT2D eigenvalue weighted by Crippen LogP contribution is 2.12. The van der Waals surface area contributed by atoms with Crippen LogP contribution in [0.1, 0.15) is 5.56 Å². The van der Waals surface area contributed by atoms with Gasteiger partial charge in [-0.25, -0.2) is 0 Å². The Balaban J connectivity index is 2.58. The average molecular weight is 203 g/mol. The topological polar surface area (TPSA) is 30.3 Å². The van der Waals surface area contributed by atoms with E-state index in [0.29, 0.717) is 5.56 Å². The van der Waals surface area contributed by atoms with E-state index in [1.165, 1.54) is 0 Å². The summed E-state index contributed by atoms with van der Waals surface area (Å²) in [4.78, 5) is 4.33. The van der Waals surface area contributed by atoms with Gasteiger partial charge in [-0.2, -0.15) is 5.26 Å². The number of anilines is 1. The summed E-state index contributed by atoms with van der Waals surface area (Å²) in [5.74, 6) is 0. The number of rotatable bonds is 4. The van der Waals surface area contributed by atoms with E-state index in [1.54, 1.807) is 0 Å². The van der Waals surface area contributed by atoms with Gasteiger partial charge in [0.15, 0.2) is 0 Å². The van der Waals surface area contributed by atoms with Crippen LogP contribution < -0.4 is 4.90 Å². The van der Waals surface area contributed by atoms with Gasteiger partial charge < -0.3 is 9.80 Å². The van der Waals surface area contributed by atoms with Crippen molar-refractivity contribution >= 4 is 5.69 Å². The summed E-state index contributed by atoms with van der Waals surface area (Å²) in [6.07, 6.45) is 0. The molecule has 0 saturated heterocycles. The second-order valence-corrected chi connectivity index (χ2v) is 3.88. The van der Waals surface area contributed by atoms with E-state index in [0.717, 1.165) is 18.8 Å². The van der Waals surface area contributed by atoms with Crippen LogP contribution in [0.4, 0.5) is 5.69 Å². The van der Waals surface area contributed by atoms with Crippen LogP contribution in [0, 0.1) is 11.3 Å². The summed E-state index contributed by atoms with van der Waals surface area (Å²) < 4.78 is 0. The van der Waals surface area contributed by atoms with Crippen molar-refractivity contribution in [2.75, 3.05) is 39.1 Å². The molecule has 0 radical (unpaired) electrons. The lowest BCUT2D eigenvalue weighted by Crippen LogP contribution is -2.28. The maximum atomic E-state index is 8.67. The minimum absolute atomic E-state index is 0.708. The fourth-order valence-corrected chi connectivity index (χ4v) is 1.27. The first-order chi connectivity index (χ1) is 7.13. The van der Waals surface area contributed by atoms with E-state index in [4.69, 9.17) is 5.26 Å². The summed E-state index contributed by atoms with van der Waals surface area (Å²) in [6.45, 7) is 2.01. The fraction of sp³-hybridized carbons (Fsp3) is 0.417. The van der Waals surface area contributed by atoms with Crippen molar-refractivity contribution in [2.45, 2.75) is 0 Å². The zero-order chi connectivity index (χ0) is 11.3. The molecule has 3 nitrogen and oxygen atoms in total. The Morgan fingerprint density at radius 2 is 1.67 bits per heavy atom. The number of nitrogens with zero attached hydrogens (tertiary/aromatic N) is 3. The fourth-order valence-electron chi connectivity index (χ4n) is 1.27. The molecule has 15 heavy (non-hydrogen) atoms. The van der Waals surface area contributed by atoms with Gasteiger partial charge in [0, 0.05) is 25.8 Å². The van der Waals surface area contributed by atoms with Crippen molar-refractivity contribution in [1.29, 1.82) is 5.26 Å². The van der Waals surface area contributed by atoms with Gasteiger partial charge in [0.2, 0.25) is 0 Å². The van der Waals surface area contributed by atoms with Gasteiger partial charge in [0.05, 0.1) is 11.6 Å². The molecule has 0 bridgehead atoms. The summed E-state index contributed by atoms with van der Waals surface area (Å²) in [5.41, 5.74) is 1.86. The van der Waals surface area contributed by atoms with Crippen LogP contribution in [0.25, 0.3) is 0 Å². The molecule has 0 amide bonds. The predicted octanol–water partition coefficient (Wildman–Crippen LogP) is 1.56. The molecule has 80 valence electrons. The van der Waals surface area contributed by atoms with E-state index in [1.807, 2.05) is 24.3 Å². The highest BCUT2D eigenvalue weighted by atomic mass is 15.1. The number of nitriles is 1. The molecule has 0 heterocycles. The first-order valence-electron chi connectivity index (χ1n) is 4.99. The number of benzene rings is 1. The van der Waals surface area contributed by atoms with Gasteiger partial charge in [-0.05, 0) is 38.4 Å². The monoisotopic (exact) mass is 203 g/mol. The molecule has 0 aliphatic heterocycles. The van der Waals surface area contributed by atoms with Crippen molar-refractivity contribution in [3.63, 3.8) is 0 Å². The molecule has 3 heteroatoms. The maximum absolute atomic E-state index is 8.67. The standard InChI is InChI=1S/C12H17N3/c1-14(2)8-9-15(3)12-6-4-11(10-13)5-7-12/h4-7H,8-9H2,1-3H3. The lowest BCUT2D eigenvalue weighted by Gasteiger charge is -2.21. The molecular weight excluding hydrogens is 186 g/mol. The van der Waals surface area contributed by atoms with Gasteiger partial charge in [-0.15, -0.1) is 0 Å². The Hall–Kier alpha value is -1.53. The van der Waals surface area contributed by atoms with Crippen LogP contribution >= 0.6 is 0 Å². The lowest BCUT2D eigenvalue weighted by molar-refractivity contribution is 0.416. The normalized spacial score (nSPS) is 10.1. The third-order valence-electron chi connectivity index (χ3n) is 2.32. The molecule has 1 aromatic carbocycles. The summed E-state index contributed by atoms with van der Waals surface area (Å²) in [7, 11) is 6.18. The Morgan fingerprint density at radius 1 is 1.07 bits per heavy atom. The smallest absolute Gasteiger partial charge is 0.0991 e. The van der Waals surface area contributed by atoms with E-state index < -0.39 is 0 Å². The number of likely N-dealkylation sites (N-methyl/N-ethyl adjacent to an activating group) is 2. The zero-order valence-corrected chi connectivity index (χ0v) is 9.57. The first-order valence-corrected chi connectivity index (χ1v) is 4.99. The number of hydrogen-bond donors (Lipinski definition) is 0. The first kappa shape index (κ1) is 11.5. The predicted molar refractivity (Wildman–Crippen MR) is 63.0 cm³/mol. The van der Waals surface area contributed by atoms with Crippen LogP contribution in [0.15, 0.2) is 24.3 Å². The van der Waals surface area contributed by atoms with Crippen LogP contribution in [-0.4, -0.2) is 39.1 Å². The second kappa shape index (κ2) is 5.38. The SMILES string of the molecule is CN(C)CCN(C)c1ccc(C#N)cc1. The van der Waals surface area contributed by atoms with E-state index >= 15 is 0 Å². The van der Waals surface area contributed by atoms with Gasteiger partial charge >= 0.3 is 0 Å². The van der Waals surface area contributed by atoms with Crippen molar-refractivity contribution in [3.8, 4) is 6.07 Å². The molecule has 0 unspecified atom stereocenters. The second-order valence-electron chi connectivity index (χ2n) is 3.88. The minimum atomic E-state index is 0.708. The molecule has 0 spiro atoms. The van der Waals surface area contributed by atoms with Crippen LogP contribution in [0.3, 0.4) is 0 Å². The van der Waals surface area contributed by atoms with Crippen LogP contribution in [0.2, 0.25) is 0 Å². The summed E-state index contributed by atoms with van der Waals surface area (Å²) >= 11 is 0. The van der Waals surface area contributed by atoms with Crippen LogP contribution in [0.5, 0.6) is 0 Å². The molecule has 0 aliphatic rings. The van der Waals surface area contributed by atoms with Crippen molar-refractivity contribution in [1.82, 2.24) is 4.90 Å². The molecule has 0 aliphatic carbocycles. The number of hydrogen-bond acceptors (Lipinski definition) is 3. The van der Waals surface area contributed by atoms with Crippen molar-refractivity contribution in [3.05, 3.63) is 29.8 Å². The molecular formula is C12H17N3. The largest absolute Gasteiger partial charge is 0.373 e. The van der Waals surface area contributed by atoms with Crippen molar-refractivity contribution < 1.29 is 0 Å². The molecule has 0 atom stereocenters. The lowest BCUT2D eigenvalue weighted by atomic mass is 10.2. The highest BCUT2D eigenvalue weighted by Gasteiger charge is 2.00. The third kappa shape index (κ3) is 3.61. The third-order valence-corrected chi connectivity index (χ3v) is 2.32. The molecule has 1 rings (SSSR count). The Labute approximate surface area is 91.5 Å². The minimum Gasteiger partial charge on any atom is -0.373 e. The van der Waals surface area contributed by atoms with E-state index in [9.17, 15) is 0 Å². The van der Waals surface area contributed by atoms with Gasteiger partial charge in [-0.3, -0.25) is 0 Å². The Kier molecular flexibility index (Phi) is 4.14. The van der Waals surface area contributed by atoms with Gasteiger partial charge in [-0.1, -0.05) is 0 Å². The van der Waals surface area contributed by atoms with Crippen molar-refractivity contribution in [2.24, 2.45) is 0 Å². The maximum Gasteiger partial charge on any atom is 0.0991 e. The average Bonchev–Trinajstić information content (AvgIpc) is 2.26. The van der Waals surface area contributed by atoms with Gasteiger partial charge in [0.1, 0.15) is 0 Å². The Bertz CT molecular complexity index is 335. The quantitative estimate of drug-likeness (QED) is 0.744. The highest BCUT2D eigenvalue weighted by molar-refractivity contribution is 5.48. The summed E-state index contributed by atoms with van der Waals surface area (Å²) in [5, 5.41) is 8.67. The molecule has 0 aromatic heterocycles. The molecule has 0 saturated carbocycles. The van der Waals surface area contributed by atoms with Gasteiger partial charge in [0.25, 0.3) is 0 Å².